The lowest BCUT2D eigenvalue weighted by Crippen LogP contribution is -2.06. The summed E-state index contributed by atoms with van der Waals surface area (Å²) < 4.78 is 26.4. The molecule has 1 aromatic rings. The predicted octanol–water partition coefficient (Wildman–Crippen LogP) is 2.58. The second-order valence-corrected chi connectivity index (χ2v) is 3.64. The highest BCUT2D eigenvalue weighted by molar-refractivity contribution is 14.1. The Labute approximate surface area is 88.6 Å². The minimum atomic E-state index is -0.911. The third kappa shape index (κ3) is 2.01. The molecule has 0 fully saturated rings. The normalized spacial score (nSPS) is 10.2. The van der Waals surface area contributed by atoms with Gasteiger partial charge < -0.3 is 11.1 Å². The molecule has 5 heteroatoms. The molecule has 13 heavy (non-hydrogen) atoms. The van der Waals surface area contributed by atoms with Gasteiger partial charge in [-0.2, -0.15) is 0 Å². The number of halogens is 3. The molecule has 2 nitrogen and oxygen atoms in total. The molecule has 0 heterocycles. The van der Waals surface area contributed by atoms with E-state index in [1.165, 1.54) is 6.07 Å². The highest BCUT2D eigenvalue weighted by Gasteiger charge is 2.14. The van der Waals surface area contributed by atoms with Crippen molar-refractivity contribution in [2.24, 2.45) is 0 Å². The van der Waals surface area contributed by atoms with Crippen molar-refractivity contribution in [1.82, 2.24) is 0 Å². The summed E-state index contributed by atoms with van der Waals surface area (Å²) in [6.45, 7) is 2.29. The zero-order chi connectivity index (χ0) is 10.0. The van der Waals surface area contributed by atoms with Gasteiger partial charge in [0.2, 0.25) is 0 Å². The maximum atomic E-state index is 13.2. The van der Waals surface area contributed by atoms with Crippen LogP contribution in [0.3, 0.4) is 0 Å². The lowest BCUT2D eigenvalue weighted by molar-refractivity contribution is 0.506. The maximum Gasteiger partial charge on any atom is 0.185 e. The van der Waals surface area contributed by atoms with Crippen molar-refractivity contribution in [3.8, 4) is 0 Å². The molecule has 0 aliphatic carbocycles. The highest BCUT2D eigenvalue weighted by atomic mass is 127. The molecule has 0 aliphatic rings. The number of rotatable bonds is 2. The van der Waals surface area contributed by atoms with Crippen molar-refractivity contribution in [1.29, 1.82) is 0 Å². The van der Waals surface area contributed by atoms with Crippen molar-refractivity contribution in [3.63, 3.8) is 0 Å². The SMILES string of the molecule is CCNc1c(N)cc(I)c(F)c1F. The average molecular weight is 298 g/mol. The summed E-state index contributed by atoms with van der Waals surface area (Å²) in [7, 11) is 0. The maximum absolute atomic E-state index is 13.2. The van der Waals surface area contributed by atoms with Crippen molar-refractivity contribution in [3.05, 3.63) is 21.3 Å². The minimum Gasteiger partial charge on any atom is -0.397 e. The van der Waals surface area contributed by atoms with Gasteiger partial charge in [0.1, 0.15) is 0 Å². The van der Waals surface area contributed by atoms with Gasteiger partial charge in [0, 0.05) is 6.54 Å². The van der Waals surface area contributed by atoms with Gasteiger partial charge in [-0.3, -0.25) is 0 Å². The molecule has 0 unspecified atom stereocenters. The lowest BCUT2D eigenvalue weighted by atomic mass is 10.2. The van der Waals surface area contributed by atoms with Crippen LogP contribution in [0.25, 0.3) is 0 Å². The van der Waals surface area contributed by atoms with Crippen molar-refractivity contribution < 1.29 is 8.78 Å². The van der Waals surface area contributed by atoms with E-state index in [-0.39, 0.29) is 14.9 Å². The van der Waals surface area contributed by atoms with Crippen LogP contribution in [0.2, 0.25) is 0 Å². The van der Waals surface area contributed by atoms with Crippen LogP contribution in [0.15, 0.2) is 6.07 Å². The van der Waals surface area contributed by atoms with E-state index in [2.05, 4.69) is 5.32 Å². The van der Waals surface area contributed by atoms with Gasteiger partial charge in [-0.15, -0.1) is 0 Å². The van der Waals surface area contributed by atoms with Crippen molar-refractivity contribution in [2.45, 2.75) is 6.92 Å². The van der Waals surface area contributed by atoms with Gasteiger partial charge in [-0.05, 0) is 35.6 Å². The number of hydrogen-bond donors (Lipinski definition) is 2. The Morgan fingerprint density at radius 1 is 1.46 bits per heavy atom. The Morgan fingerprint density at radius 2 is 2.08 bits per heavy atom. The first-order valence-electron chi connectivity index (χ1n) is 3.74. The van der Waals surface area contributed by atoms with E-state index < -0.39 is 11.6 Å². The Bertz CT molecular complexity index is 328. The molecule has 0 amide bonds. The number of nitrogens with two attached hydrogens (primary N) is 1. The van der Waals surface area contributed by atoms with E-state index in [1.807, 2.05) is 0 Å². The van der Waals surface area contributed by atoms with Gasteiger partial charge in [-0.1, -0.05) is 0 Å². The van der Waals surface area contributed by atoms with Gasteiger partial charge in [0.05, 0.1) is 14.9 Å². The van der Waals surface area contributed by atoms with Gasteiger partial charge in [0.25, 0.3) is 0 Å². The molecule has 0 bridgehead atoms. The molecule has 0 aromatic heterocycles. The fourth-order valence-electron chi connectivity index (χ4n) is 0.970. The molecule has 1 aromatic carbocycles. The third-order valence-electron chi connectivity index (χ3n) is 1.55. The number of benzene rings is 1. The molecular formula is C8H9F2IN2. The average Bonchev–Trinajstić information content (AvgIpc) is 2.09. The molecule has 0 aliphatic heterocycles. The van der Waals surface area contributed by atoms with E-state index in [0.29, 0.717) is 6.54 Å². The van der Waals surface area contributed by atoms with E-state index >= 15 is 0 Å². The first kappa shape index (κ1) is 10.5. The Morgan fingerprint density at radius 3 is 2.62 bits per heavy atom. The summed E-state index contributed by atoms with van der Waals surface area (Å²) in [6, 6.07) is 1.40. The van der Waals surface area contributed by atoms with Crippen molar-refractivity contribution in [2.75, 3.05) is 17.6 Å². The highest BCUT2D eigenvalue weighted by Crippen LogP contribution is 2.28. The Hall–Kier alpha value is -0.590. The molecule has 3 N–H and O–H groups in total. The van der Waals surface area contributed by atoms with E-state index in [9.17, 15) is 8.78 Å². The fraction of sp³-hybridized carbons (Fsp3) is 0.250. The second kappa shape index (κ2) is 4.08. The quantitative estimate of drug-likeness (QED) is 0.500. The first-order chi connectivity index (χ1) is 6.07. The van der Waals surface area contributed by atoms with E-state index in [1.54, 1.807) is 29.5 Å². The van der Waals surface area contributed by atoms with Gasteiger partial charge >= 0.3 is 0 Å². The summed E-state index contributed by atoms with van der Waals surface area (Å²) >= 11 is 1.70. The molecule has 1 rings (SSSR count). The topological polar surface area (TPSA) is 38.0 Å². The van der Waals surface area contributed by atoms with E-state index in [0.717, 1.165) is 0 Å². The van der Waals surface area contributed by atoms with Crippen LogP contribution >= 0.6 is 22.6 Å². The number of nitrogen functional groups attached to an aromatic ring is 1. The Balaban J connectivity index is 3.26. The van der Waals surface area contributed by atoms with Crippen LogP contribution < -0.4 is 11.1 Å². The largest absolute Gasteiger partial charge is 0.397 e. The first-order valence-corrected chi connectivity index (χ1v) is 4.82. The molecule has 0 saturated carbocycles. The third-order valence-corrected chi connectivity index (χ3v) is 2.33. The van der Waals surface area contributed by atoms with Gasteiger partial charge in [0.15, 0.2) is 11.6 Å². The molecular weight excluding hydrogens is 289 g/mol. The summed E-state index contributed by atoms with van der Waals surface area (Å²) in [5.74, 6) is -1.77. The lowest BCUT2D eigenvalue weighted by Gasteiger charge is -2.09. The van der Waals surface area contributed by atoms with Crippen LogP contribution in [0.4, 0.5) is 20.2 Å². The van der Waals surface area contributed by atoms with Crippen molar-refractivity contribution >= 4 is 34.0 Å². The molecule has 72 valence electrons. The van der Waals surface area contributed by atoms with Crippen LogP contribution in [-0.2, 0) is 0 Å². The summed E-state index contributed by atoms with van der Waals surface area (Å²) in [4.78, 5) is 0. The monoisotopic (exact) mass is 298 g/mol. The summed E-state index contributed by atoms with van der Waals surface area (Å²) in [6.07, 6.45) is 0. The molecule has 0 saturated heterocycles. The number of nitrogens with one attached hydrogen (secondary N) is 1. The summed E-state index contributed by atoms with van der Waals surface area (Å²) in [5, 5.41) is 2.67. The second-order valence-electron chi connectivity index (χ2n) is 2.48. The zero-order valence-corrected chi connectivity index (χ0v) is 9.15. The molecule has 0 atom stereocenters. The zero-order valence-electron chi connectivity index (χ0n) is 7.00. The predicted molar refractivity (Wildman–Crippen MR) is 57.7 cm³/mol. The van der Waals surface area contributed by atoms with Gasteiger partial charge in [-0.25, -0.2) is 8.78 Å². The molecule has 0 radical (unpaired) electrons. The number of hydrogen-bond acceptors (Lipinski definition) is 2. The Kier molecular flexibility index (Phi) is 3.29. The van der Waals surface area contributed by atoms with Crippen LogP contribution in [-0.4, -0.2) is 6.54 Å². The fourth-order valence-corrected chi connectivity index (χ4v) is 1.54. The van der Waals surface area contributed by atoms with E-state index in [4.69, 9.17) is 5.73 Å². The minimum absolute atomic E-state index is 0.0421. The van der Waals surface area contributed by atoms with Crippen LogP contribution in [0.5, 0.6) is 0 Å². The molecule has 0 spiro atoms. The van der Waals surface area contributed by atoms with Crippen LogP contribution in [0.1, 0.15) is 6.92 Å². The summed E-state index contributed by atoms with van der Waals surface area (Å²) in [5.41, 5.74) is 5.77. The number of anilines is 2. The standard InChI is InChI=1S/C8H9F2IN2/c1-2-13-8-5(12)3-4(11)6(9)7(8)10/h3,13H,2,12H2,1H3. The van der Waals surface area contributed by atoms with Crippen LogP contribution in [0, 0.1) is 15.2 Å². The smallest absolute Gasteiger partial charge is 0.185 e.